The number of nitrogens with zero attached hydrogens (tertiary/aromatic N) is 3. The average molecular weight is 362 g/mol. The Bertz CT molecular complexity index is 571. The Morgan fingerprint density at radius 1 is 1.04 bits per heavy atom. The molecule has 1 N–H and O–H groups in total. The van der Waals surface area contributed by atoms with E-state index in [1.54, 1.807) is 0 Å². The third kappa shape index (κ3) is 7.02. The first-order valence-corrected chi connectivity index (χ1v) is 9.04. The van der Waals surface area contributed by atoms with Gasteiger partial charge in [-0.05, 0) is 12.1 Å². The fourth-order valence-corrected chi connectivity index (χ4v) is 2.43. The van der Waals surface area contributed by atoms with Crippen LogP contribution in [0.3, 0.4) is 0 Å². The van der Waals surface area contributed by atoms with Crippen LogP contribution in [-0.2, 0) is 0 Å². The molecule has 0 saturated heterocycles. The van der Waals surface area contributed by atoms with Crippen LogP contribution >= 0.6 is 7.81 Å². The third-order valence-electron chi connectivity index (χ3n) is 3.18. The quantitative estimate of drug-likeness (QED) is 0.465. The number of halogens is 6. The van der Waals surface area contributed by atoms with Crippen LogP contribution in [0.25, 0.3) is 0 Å². The maximum Gasteiger partial charge on any atom is 0.354 e. The van der Waals surface area contributed by atoms with Crippen LogP contribution in [-0.4, -0.2) is 41.7 Å². The van der Waals surface area contributed by atoms with Crippen molar-refractivity contribution in [2.24, 2.45) is 0 Å². The van der Waals surface area contributed by atoms with Crippen molar-refractivity contribution in [3.8, 4) is 0 Å². The van der Waals surface area contributed by atoms with Gasteiger partial charge in [-0.15, -0.1) is 0 Å². The maximum absolute atomic E-state index is 10.7. The van der Waals surface area contributed by atoms with E-state index >= 15 is 0 Å². The molecule has 4 nitrogen and oxygen atoms in total. The third-order valence-corrected chi connectivity index (χ3v) is 3.18. The Hall–Kier alpha value is -1.57. The Morgan fingerprint density at radius 2 is 1.70 bits per heavy atom. The number of pyridine rings is 1. The molecule has 0 aromatic carbocycles. The molecule has 0 fully saturated rings. The first-order valence-electron chi connectivity index (χ1n) is 7.01. The molecule has 1 aromatic rings. The van der Waals surface area contributed by atoms with E-state index in [1.165, 1.54) is 31.9 Å². The van der Waals surface area contributed by atoms with Gasteiger partial charge in [0.25, 0.3) is 0 Å². The second-order valence-corrected chi connectivity index (χ2v) is 7.16. The van der Waals surface area contributed by atoms with Crippen LogP contribution in [0.2, 0.25) is 0 Å². The van der Waals surface area contributed by atoms with Gasteiger partial charge in [0.1, 0.15) is 0 Å². The molecule has 0 aliphatic carbocycles. The van der Waals surface area contributed by atoms with E-state index in [1.807, 2.05) is 18.3 Å². The normalized spacial score (nSPS) is 21.2. The molecule has 0 amide bonds. The van der Waals surface area contributed by atoms with Gasteiger partial charge >= 0.3 is 38.9 Å². The second kappa shape index (κ2) is 5.51. The van der Waals surface area contributed by atoms with Crippen LogP contribution in [0.15, 0.2) is 24.4 Å². The number of anilines is 1. The Kier molecular flexibility index (Phi) is 4.26. The van der Waals surface area contributed by atoms with Gasteiger partial charge in [-0.2, -0.15) is 0 Å². The standard InChI is InChI=1S/C12H16N4.F6P/c1-2-6-13-11(5-1)16-10-4-9-15-8-3-7-14-12(15)16;1-7(2,3,4,5)6/h1-2,5-6H,3-4,7-10H2;/q;-1/p+1. The molecule has 3 heterocycles. The van der Waals surface area contributed by atoms with Gasteiger partial charge in [0, 0.05) is 19.0 Å². The maximum atomic E-state index is 9.87. The van der Waals surface area contributed by atoms with Gasteiger partial charge in [-0.3, -0.25) is 9.89 Å². The van der Waals surface area contributed by atoms with E-state index in [9.17, 15) is 25.2 Å². The first kappa shape index (κ1) is 17.8. The molecule has 0 atom stereocenters. The minimum Gasteiger partial charge on any atom is -0.277 e. The smallest absolute Gasteiger partial charge is 0.277 e. The molecule has 132 valence electrons. The zero-order valence-corrected chi connectivity index (χ0v) is 13.0. The fourth-order valence-electron chi connectivity index (χ4n) is 2.43. The van der Waals surface area contributed by atoms with Crippen LogP contribution in [0.4, 0.5) is 31.0 Å². The molecule has 1 aromatic heterocycles. The summed E-state index contributed by atoms with van der Waals surface area (Å²) < 4.78 is 61.6. The summed E-state index contributed by atoms with van der Waals surface area (Å²) in [5, 5.41) is 3.50. The van der Waals surface area contributed by atoms with Crippen molar-refractivity contribution in [1.29, 1.82) is 0 Å². The van der Waals surface area contributed by atoms with Gasteiger partial charge in [0.15, 0.2) is 5.82 Å². The average Bonchev–Trinajstić information content (AvgIpc) is 2.44. The molecule has 2 aliphatic rings. The van der Waals surface area contributed by atoms with Gasteiger partial charge in [-0.1, -0.05) is 6.07 Å². The van der Waals surface area contributed by atoms with Crippen molar-refractivity contribution in [1.82, 2.24) is 10.3 Å². The summed E-state index contributed by atoms with van der Waals surface area (Å²) in [7, 11) is -10.7. The first-order chi connectivity index (χ1) is 10.4. The number of guanidine groups is 1. The SMILES string of the molecule is F[P-](F)(F)(F)(F)F.c1ccc(N2CCC[N+]3=C2NCCC3)nc1. The largest absolute Gasteiger partial charge is 0.354 e. The summed E-state index contributed by atoms with van der Waals surface area (Å²) in [6.07, 6.45) is 4.30. The van der Waals surface area contributed by atoms with E-state index in [4.69, 9.17) is 0 Å². The molecule has 2 aliphatic heterocycles. The molecule has 0 bridgehead atoms. The molecular weight excluding hydrogens is 345 g/mol. The second-order valence-electron chi connectivity index (χ2n) is 5.24. The molecule has 23 heavy (non-hydrogen) atoms. The molecule has 0 unspecified atom stereocenters. The van der Waals surface area contributed by atoms with E-state index in [2.05, 4.69) is 25.8 Å². The van der Waals surface area contributed by atoms with Crippen molar-refractivity contribution in [3.05, 3.63) is 24.4 Å². The van der Waals surface area contributed by atoms with Crippen LogP contribution in [0.1, 0.15) is 12.8 Å². The van der Waals surface area contributed by atoms with Gasteiger partial charge in [-0.25, -0.2) is 9.88 Å². The van der Waals surface area contributed by atoms with Gasteiger partial charge in [0.05, 0.1) is 26.2 Å². The number of hydrogen-bond donors (Lipinski definition) is 1. The monoisotopic (exact) mass is 362 g/mol. The number of aromatic nitrogens is 1. The van der Waals surface area contributed by atoms with Gasteiger partial charge in [0.2, 0.25) is 0 Å². The van der Waals surface area contributed by atoms with E-state index in [-0.39, 0.29) is 0 Å². The van der Waals surface area contributed by atoms with Gasteiger partial charge < -0.3 is 0 Å². The van der Waals surface area contributed by atoms with E-state index in [0.29, 0.717) is 0 Å². The summed E-state index contributed by atoms with van der Waals surface area (Å²) in [6.45, 7) is 4.49. The number of hydrogen-bond acceptors (Lipinski definition) is 3. The predicted octanol–water partition coefficient (Wildman–Crippen LogP) is 4.04. The topological polar surface area (TPSA) is 31.2 Å². The summed E-state index contributed by atoms with van der Waals surface area (Å²) in [6, 6.07) is 6.08. The summed E-state index contributed by atoms with van der Waals surface area (Å²) in [5.41, 5.74) is 0. The van der Waals surface area contributed by atoms with Crippen molar-refractivity contribution < 1.29 is 29.8 Å². The number of rotatable bonds is 1. The Morgan fingerprint density at radius 3 is 2.30 bits per heavy atom. The molecule has 0 saturated carbocycles. The Balaban J connectivity index is 0.000000236. The zero-order valence-electron chi connectivity index (χ0n) is 12.1. The zero-order chi connectivity index (χ0) is 17.2. The number of nitrogens with one attached hydrogen (secondary N) is 1. The molecule has 3 rings (SSSR count). The minimum absolute atomic E-state index is 1.05. The van der Waals surface area contributed by atoms with Crippen molar-refractivity contribution in [3.63, 3.8) is 0 Å². The van der Waals surface area contributed by atoms with Crippen molar-refractivity contribution >= 4 is 19.6 Å². The fraction of sp³-hybridized carbons (Fsp3) is 0.500. The summed E-state index contributed by atoms with van der Waals surface area (Å²) in [4.78, 5) is 6.73. The van der Waals surface area contributed by atoms with E-state index in [0.717, 1.165) is 18.9 Å². The molecule has 0 spiro atoms. The van der Waals surface area contributed by atoms with Crippen molar-refractivity contribution in [2.45, 2.75) is 12.8 Å². The molecular formula is C12H17F6N4P. The molecule has 11 heteroatoms. The Labute approximate surface area is 129 Å². The predicted molar refractivity (Wildman–Crippen MR) is 77.4 cm³/mol. The van der Waals surface area contributed by atoms with Crippen LogP contribution < -0.4 is 10.2 Å². The molecule has 0 radical (unpaired) electrons. The van der Waals surface area contributed by atoms with Crippen LogP contribution in [0.5, 0.6) is 0 Å². The minimum atomic E-state index is -10.7. The van der Waals surface area contributed by atoms with Crippen molar-refractivity contribution in [2.75, 3.05) is 31.1 Å². The summed E-state index contributed by atoms with van der Waals surface area (Å²) in [5.74, 6) is 2.30. The van der Waals surface area contributed by atoms with Crippen LogP contribution in [0, 0.1) is 0 Å². The van der Waals surface area contributed by atoms with E-state index < -0.39 is 7.81 Å². The summed E-state index contributed by atoms with van der Waals surface area (Å²) >= 11 is 0.